The summed E-state index contributed by atoms with van der Waals surface area (Å²) < 4.78 is 5.24. The van der Waals surface area contributed by atoms with Crippen molar-refractivity contribution >= 4 is 57.3 Å². The monoisotopic (exact) mass is 539 g/mol. The molecular formula is C26H25N3O6S2. The van der Waals surface area contributed by atoms with E-state index >= 15 is 0 Å². The van der Waals surface area contributed by atoms with Crippen molar-refractivity contribution in [1.29, 1.82) is 0 Å². The molecule has 0 fully saturated rings. The molecule has 9 nitrogen and oxygen atoms in total. The van der Waals surface area contributed by atoms with Crippen molar-refractivity contribution in [3.8, 4) is 0 Å². The smallest absolute Gasteiger partial charge is 0.341 e. The van der Waals surface area contributed by atoms with Crippen molar-refractivity contribution < 1.29 is 24.0 Å². The summed E-state index contributed by atoms with van der Waals surface area (Å²) in [5.41, 5.74) is 2.21. The van der Waals surface area contributed by atoms with Gasteiger partial charge in [0.05, 0.1) is 22.8 Å². The van der Waals surface area contributed by atoms with Crippen molar-refractivity contribution in [3.63, 3.8) is 0 Å². The van der Waals surface area contributed by atoms with Crippen LogP contribution in [0.2, 0.25) is 0 Å². The number of fused-ring (bicyclic) bond motifs is 1. The molecule has 0 spiro atoms. The average Bonchev–Trinajstić information content (AvgIpc) is 3.25. The van der Waals surface area contributed by atoms with Crippen molar-refractivity contribution in [2.75, 3.05) is 23.0 Å². The van der Waals surface area contributed by atoms with Gasteiger partial charge >= 0.3 is 5.97 Å². The van der Waals surface area contributed by atoms with Crippen LogP contribution in [0.1, 0.15) is 50.9 Å². The summed E-state index contributed by atoms with van der Waals surface area (Å²) in [7, 11) is 0. The fraction of sp³-hybridized carbons (Fsp3) is 0.269. The van der Waals surface area contributed by atoms with Crippen molar-refractivity contribution in [2.24, 2.45) is 0 Å². The third-order valence-electron chi connectivity index (χ3n) is 5.71. The maximum Gasteiger partial charge on any atom is 0.341 e. The molecule has 192 valence electrons. The van der Waals surface area contributed by atoms with Gasteiger partial charge in [-0.2, -0.15) is 0 Å². The number of carbonyl (C=O) groups excluding carboxylic acids is 3. The molecule has 1 aliphatic carbocycles. The standard InChI is InChI=1S/C26H25N3O6S2/c1-2-35-26(32)23-20-8-3-4-9-21(20)37-25(23)28-22(30)15-36-19-7-5-6-17(14-19)27-24(31)16-10-12-18(13-11-16)29(33)34/h5-7,10-14H,2-4,8-9,15H2,1H3,(H,27,31)(H,28,30). The number of ether oxygens (including phenoxy) is 1. The van der Waals surface area contributed by atoms with E-state index in [1.807, 2.05) is 6.07 Å². The number of nitrogens with zero attached hydrogens (tertiary/aromatic N) is 1. The van der Waals surface area contributed by atoms with E-state index in [0.717, 1.165) is 41.0 Å². The van der Waals surface area contributed by atoms with E-state index in [2.05, 4.69) is 10.6 Å². The number of nitro groups is 1. The Labute approximate surface area is 221 Å². The Morgan fingerprint density at radius 2 is 1.84 bits per heavy atom. The molecule has 4 rings (SSSR count). The molecule has 11 heteroatoms. The van der Waals surface area contributed by atoms with E-state index in [4.69, 9.17) is 4.74 Å². The number of hydrogen-bond donors (Lipinski definition) is 2. The molecule has 2 amide bonds. The Bertz CT molecular complexity index is 1340. The predicted octanol–water partition coefficient (Wildman–Crippen LogP) is 5.69. The van der Waals surface area contributed by atoms with Gasteiger partial charge in [-0.1, -0.05) is 6.07 Å². The minimum Gasteiger partial charge on any atom is -0.462 e. The summed E-state index contributed by atoms with van der Waals surface area (Å²) in [6.45, 7) is 2.03. The van der Waals surface area contributed by atoms with Gasteiger partial charge in [-0.05, 0) is 68.5 Å². The molecule has 1 aliphatic rings. The maximum atomic E-state index is 12.8. The summed E-state index contributed by atoms with van der Waals surface area (Å²) in [6.07, 6.45) is 3.78. The molecule has 37 heavy (non-hydrogen) atoms. The van der Waals surface area contributed by atoms with Crippen LogP contribution in [0.15, 0.2) is 53.4 Å². The van der Waals surface area contributed by atoms with Gasteiger partial charge in [0.2, 0.25) is 5.91 Å². The minimum absolute atomic E-state index is 0.0923. The molecule has 3 aromatic rings. The predicted molar refractivity (Wildman–Crippen MR) is 144 cm³/mol. The lowest BCUT2D eigenvalue weighted by molar-refractivity contribution is -0.384. The van der Waals surface area contributed by atoms with Crippen LogP contribution in [0.25, 0.3) is 0 Å². The summed E-state index contributed by atoms with van der Waals surface area (Å²) in [6, 6.07) is 12.4. The second kappa shape index (κ2) is 12.0. The van der Waals surface area contributed by atoms with Gasteiger partial charge in [0, 0.05) is 33.2 Å². The minimum atomic E-state index is -0.525. The number of benzene rings is 2. The number of amides is 2. The van der Waals surface area contributed by atoms with Crippen LogP contribution in [0, 0.1) is 10.1 Å². The third kappa shape index (κ3) is 6.55. The topological polar surface area (TPSA) is 128 Å². The van der Waals surface area contributed by atoms with Crippen molar-refractivity contribution in [3.05, 3.63) is 80.2 Å². The number of non-ortho nitro benzene ring substituents is 1. The second-order valence-electron chi connectivity index (χ2n) is 8.26. The Kier molecular flexibility index (Phi) is 8.57. The highest BCUT2D eigenvalue weighted by Gasteiger charge is 2.27. The first-order chi connectivity index (χ1) is 17.9. The highest BCUT2D eigenvalue weighted by Crippen LogP contribution is 2.38. The molecule has 0 saturated heterocycles. The summed E-state index contributed by atoms with van der Waals surface area (Å²) >= 11 is 2.75. The molecule has 0 radical (unpaired) electrons. The van der Waals surface area contributed by atoms with E-state index in [-0.39, 0.29) is 24.0 Å². The van der Waals surface area contributed by atoms with E-state index in [1.165, 1.54) is 47.4 Å². The number of rotatable bonds is 9. The van der Waals surface area contributed by atoms with Gasteiger partial charge in [-0.15, -0.1) is 23.1 Å². The summed E-state index contributed by atoms with van der Waals surface area (Å²) in [5.74, 6) is -0.927. The van der Waals surface area contributed by atoms with Gasteiger partial charge in [0.1, 0.15) is 5.00 Å². The van der Waals surface area contributed by atoms with E-state index in [0.29, 0.717) is 21.8 Å². The lowest BCUT2D eigenvalue weighted by atomic mass is 9.95. The molecule has 1 aromatic heterocycles. The lowest BCUT2D eigenvalue weighted by Gasteiger charge is -2.12. The first-order valence-electron chi connectivity index (χ1n) is 11.8. The number of esters is 1. The summed E-state index contributed by atoms with van der Waals surface area (Å²) in [5, 5.41) is 17.0. The number of anilines is 2. The quantitative estimate of drug-likeness (QED) is 0.155. The highest BCUT2D eigenvalue weighted by molar-refractivity contribution is 8.00. The van der Waals surface area contributed by atoms with Gasteiger partial charge in [0.15, 0.2) is 0 Å². The zero-order valence-electron chi connectivity index (χ0n) is 20.1. The molecule has 0 aliphatic heterocycles. The lowest BCUT2D eigenvalue weighted by Crippen LogP contribution is -2.17. The van der Waals surface area contributed by atoms with Crippen LogP contribution < -0.4 is 10.6 Å². The van der Waals surface area contributed by atoms with E-state index in [1.54, 1.807) is 25.1 Å². The van der Waals surface area contributed by atoms with E-state index < -0.39 is 16.8 Å². The van der Waals surface area contributed by atoms with Crippen LogP contribution in [-0.4, -0.2) is 35.1 Å². The van der Waals surface area contributed by atoms with E-state index in [9.17, 15) is 24.5 Å². The molecule has 2 aromatic carbocycles. The first kappa shape index (κ1) is 26.4. The Balaban J connectivity index is 1.38. The maximum absolute atomic E-state index is 12.8. The molecule has 2 N–H and O–H groups in total. The van der Waals surface area contributed by atoms with Crippen LogP contribution in [0.5, 0.6) is 0 Å². The van der Waals surface area contributed by atoms with Gasteiger partial charge < -0.3 is 15.4 Å². The fourth-order valence-corrected chi connectivity index (χ4v) is 6.03. The largest absolute Gasteiger partial charge is 0.462 e. The normalized spacial score (nSPS) is 12.4. The molecule has 1 heterocycles. The molecular weight excluding hydrogens is 514 g/mol. The van der Waals surface area contributed by atoms with Gasteiger partial charge in [-0.3, -0.25) is 19.7 Å². The van der Waals surface area contributed by atoms with Gasteiger partial charge in [-0.25, -0.2) is 4.79 Å². The van der Waals surface area contributed by atoms with Gasteiger partial charge in [0.25, 0.3) is 11.6 Å². The number of nitro benzene ring substituents is 1. The number of hydrogen-bond acceptors (Lipinski definition) is 8. The highest BCUT2D eigenvalue weighted by atomic mass is 32.2. The first-order valence-corrected chi connectivity index (χ1v) is 13.6. The third-order valence-corrected chi connectivity index (χ3v) is 7.91. The molecule has 0 bridgehead atoms. The zero-order valence-corrected chi connectivity index (χ0v) is 21.7. The number of aryl methyl sites for hydroxylation is 1. The SMILES string of the molecule is CCOC(=O)c1c(NC(=O)CSc2cccc(NC(=O)c3ccc([N+](=O)[O-])cc3)c2)sc2c1CCCC2. The fourth-order valence-electron chi connectivity index (χ4n) is 3.99. The van der Waals surface area contributed by atoms with Crippen LogP contribution in [0.4, 0.5) is 16.4 Å². The molecule has 0 saturated carbocycles. The Morgan fingerprint density at radius 1 is 1.08 bits per heavy atom. The Morgan fingerprint density at radius 3 is 2.57 bits per heavy atom. The number of thioether (sulfide) groups is 1. The van der Waals surface area contributed by atoms with Crippen LogP contribution in [-0.2, 0) is 22.4 Å². The average molecular weight is 540 g/mol. The second-order valence-corrected chi connectivity index (χ2v) is 10.4. The zero-order chi connectivity index (χ0) is 26.4. The van der Waals surface area contributed by atoms with Crippen molar-refractivity contribution in [2.45, 2.75) is 37.5 Å². The van der Waals surface area contributed by atoms with Crippen molar-refractivity contribution in [1.82, 2.24) is 0 Å². The molecule has 0 atom stereocenters. The number of thiophene rings is 1. The summed E-state index contributed by atoms with van der Waals surface area (Å²) in [4.78, 5) is 50.0. The van der Waals surface area contributed by atoms with Crippen LogP contribution >= 0.6 is 23.1 Å². The number of nitrogens with one attached hydrogen (secondary N) is 2. The molecule has 0 unspecified atom stereocenters. The van der Waals surface area contributed by atoms with Crippen LogP contribution in [0.3, 0.4) is 0 Å². The Hall–Kier alpha value is -3.70. The number of carbonyl (C=O) groups is 3.